The zero-order chi connectivity index (χ0) is 22.4. The van der Waals surface area contributed by atoms with Gasteiger partial charge in [0.15, 0.2) is 5.78 Å². The van der Waals surface area contributed by atoms with Crippen LogP contribution in [0.3, 0.4) is 0 Å². The van der Waals surface area contributed by atoms with Gasteiger partial charge in [-0.1, -0.05) is 35.4 Å². The van der Waals surface area contributed by atoms with E-state index < -0.39 is 11.7 Å². The quantitative estimate of drug-likeness (QED) is 0.366. The van der Waals surface area contributed by atoms with Gasteiger partial charge in [-0.2, -0.15) is 0 Å². The lowest BCUT2D eigenvalue weighted by Gasteiger charge is -2.08. The van der Waals surface area contributed by atoms with Gasteiger partial charge >= 0.3 is 5.63 Å². The second kappa shape index (κ2) is 10.2. The van der Waals surface area contributed by atoms with Gasteiger partial charge in [-0.15, -0.1) is 0 Å². The van der Waals surface area contributed by atoms with Crippen LogP contribution in [0.2, 0.25) is 0 Å². The van der Waals surface area contributed by atoms with Crippen molar-refractivity contribution >= 4 is 16.8 Å². The van der Waals surface area contributed by atoms with Crippen LogP contribution in [0.1, 0.15) is 51.7 Å². The zero-order valence-corrected chi connectivity index (χ0v) is 18.3. The van der Waals surface area contributed by atoms with E-state index in [1.165, 1.54) is 6.08 Å². The minimum Gasteiger partial charge on any atom is -0.507 e. The molecule has 1 aromatic carbocycles. The van der Waals surface area contributed by atoms with E-state index in [9.17, 15) is 19.8 Å². The van der Waals surface area contributed by atoms with Crippen LogP contribution in [0.5, 0.6) is 5.75 Å². The van der Waals surface area contributed by atoms with Crippen molar-refractivity contribution in [3.8, 4) is 5.75 Å². The van der Waals surface area contributed by atoms with Crippen LogP contribution in [0.15, 0.2) is 62.4 Å². The molecular weight excluding hydrogens is 380 g/mol. The Balaban J connectivity index is 2.08. The molecule has 0 radical (unpaired) electrons. The van der Waals surface area contributed by atoms with Gasteiger partial charge in [0, 0.05) is 6.42 Å². The highest BCUT2D eigenvalue weighted by Crippen LogP contribution is 2.29. The first-order chi connectivity index (χ1) is 14.1. The molecule has 2 aromatic rings. The monoisotopic (exact) mass is 410 g/mol. The van der Waals surface area contributed by atoms with E-state index in [0.29, 0.717) is 29.4 Å². The molecule has 30 heavy (non-hydrogen) atoms. The van der Waals surface area contributed by atoms with E-state index in [0.717, 1.165) is 16.7 Å². The summed E-state index contributed by atoms with van der Waals surface area (Å²) in [5, 5.41) is 21.0. The Labute approximate surface area is 177 Å². The number of hydrogen-bond donors (Lipinski definition) is 2. The van der Waals surface area contributed by atoms with Crippen molar-refractivity contribution in [3.05, 3.63) is 74.7 Å². The number of allylic oxidation sites excluding steroid dienone is 4. The second-order valence-corrected chi connectivity index (χ2v) is 7.90. The molecule has 1 atom stereocenters. The number of benzene rings is 1. The second-order valence-electron chi connectivity index (χ2n) is 7.90. The Morgan fingerprint density at radius 3 is 2.53 bits per heavy atom. The number of aromatic hydroxyl groups is 1. The Morgan fingerprint density at radius 2 is 1.87 bits per heavy atom. The predicted molar refractivity (Wildman–Crippen MR) is 120 cm³/mol. The standard InChI is InChI=1S/C25H30O5/c1-15(2)14-20(26)23(27)18(5)10-6-8-16(3)12-13-19-24(28)22-17(4)9-7-11-21(22)30-25(19)29/h7,9-12,14,20,26,28H,6,8,13H2,1-5H3. The molecule has 5 nitrogen and oxygen atoms in total. The van der Waals surface area contributed by atoms with Crippen LogP contribution in [0, 0.1) is 6.92 Å². The third-order valence-corrected chi connectivity index (χ3v) is 5.00. The lowest BCUT2D eigenvalue weighted by atomic mass is 10.0. The maximum Gasteiger partial charge on any atom is 0.343 e. The summed E-state index contributed by atoms with van der Waals surface area (Å²) >= 11 is 0. The van der Waals surface area contributed by atoms with E-state index in [1.807, 2.05) is 45.9 Å². The molecule has 1 unspecified atom stereocenters. The van der Waals surface area contributed by atoms with Crippen LogP contribution in [0.4, 0.5) is 0 Å². The molecule has 0 aliphatic carbocycles. The number of carbonyl (C=O) groups is 1. The molecule has 0 amide bonds. The molecule has 0 bridgehead atoms. The summed E-state index contributed by atoms with van der Waals surface area (Å²) in [5.74, 6) is -0.329. The van der Waals surface area contributed by atoms with Gasteiger partial charge in [0.25, 0.3) is 0 Å². The number of aliphatic hydroxyl groups excluding tert-OH is 1. The maximum absolute atomic E-state index is 12.3. The van der Waals surface area contributed by atoms with Gasteiger partial charge < -0.3 is 14.6 Å². The van der Waals surface area contributed by atoms with Crippen LogP contribution in [-0.2, 0) is 11.2 Å². The Kier molecular flexibility index (Phi) is 7.95. The zero-order valence-electron chi connectivity index (χ0n) is 18.3. The van der Waals surface area contributed by atoms with E-state index in [1.54, 1.807) is 19.1 Å². The first-order valence-corrected chi connectivity index (χ1v) is 10.1. The molecule has 160 valence electrons. The highest BCUT2D eigenvalue weighted by molar-refractivity contribution is 5.99. The normalized spacial score (nSPS) is 13.4. The van der Waals surface area contributed by atoms with Crippen molar-refractivity contribution in [2.75, 3.05) is 0 Å². The Morgan fingerprint density at radius 1 is 1.17 bits per heavy atom. The molecule has 0 spiro atoms. The van der Waals surface area contributed by atoms with Crippen LogP contribution in [0.25, 0.3) is 11.0 Å². The van der Waals surface area contributed by atoms with Crippen molar-refractivity contribution < 1.29 is 19.4 Å². The van der Waals surface area contributed by atoms with Crippen molar-refractivity contribution in [1.82, 2.24) is 0 Å². The first-order valence-electron chi connectivity index (χ1n) is 10.1. The lowest BCUT2D eigenvalue weighted by Crippen LogP contribution is -2.18. The van der Waals surface area contributed by atoms with Gasteiger partial charge in [-0.25, -0.2) is 4.79 Å². The van der Waals surface area contributed by atoms with Gasteiger partial charge in [0.05, 0.1) is 10.9 Å². The molecule has 1 aromatic heterocycles. The lowest BCUT2D eigenvalue weighted by molar-refractivity contribution is -0.121. The first kappa shape index (κ1) is 23.4. The molecule has 5 heteroatoms. The molecule has 2 N–H and O–H groups in total. The van der Waals surface area contributed by atoms with Crippen molar-refractivity contribution in [1.29, 1.82) is 0 Å². The number of aliphatic hydroxyl groups is 1. The van der Waals surface area contributed by atoms with Crippen molar-refractivity contribution in [3.63, 3.8) is 0 Å². The molecular formula is C25H30O5. The van der Waals surface area contributed by atoms with Gasteiger partial charge in [-0.3, -0.25) is 4.79 Å². The summed E-state index contributed by atoms with van der Waals surface area (Å²) in [6.07, 6.45) is 5.73. The number of hydrogen-bond acceptors (Lipinski definition) is 5. The Hall–Kier alpha value is -2.92. The summed E-state index contributed by atoms with van der Waals surface area (Å²) in [4.78, 5) is 24.4. The topological polar surface area (TPSA) is 87.7 Å². The molecule has 0 fully saturated rings. The smallest absolute Gasteiger partial charge is 0.343 e. The summed E-state index contributed by atoms with van der Waals surface area (Å²) in [5.41, 5.74) is 3.36. The van der Waals surface area contributed by atoms with Gasteiger partial charge in [-0.05, 0) is 70.7 Å². The summed E-state index contributed by atoms with van der Waals surface area (Å²) in [6.45, 7) is 9.16. The fourth-order valence-electron chi connectivity index (χ4n) is 3.24. The van der Waals surface area contributed by atoms with E-state index in [2.05, 4.69) is 0 Å². The van der Waals surface area contributed by atoms with Crippen molar-refractivity contribution in [2.45, 2.75) is 60.0 Å². The van der Waals surface area contributed by atoms with Crippen LogP contribution < -0.4 is 5.63 Å². The predicted octanol–water partition coefficient (Wildman–Crippen LogP) is 4.92. The summed E-state index contributed by atoms with van der Waals surface area (Å²) in [6, 6.07) is 5.30. The minimum absolute atomic E-state index is 0.0296. The number of aryl methyl sites for hydroxylation is 1. The SMILES string of the molecule is CC(C)=CC(O)C(=O)C(C)=CCCC(C)=CCc1c(O)c2c(C)cccc2oc1=O. The minimum atomic E-state index is -1.11. The molecule has 1 heterocycles. The van der Waals surface area contributed by atoms with E-state index >= 15 is 0 Å². The fraction of sp³-hybridized carbons (Fsp3) is 0.360. The summed E-state index contributed by atoms with van der Waals surface area (Å²) < 4.78 is 5.36. The molecule has 0 aliphatic heterocycles. The molecule has 2 rings (SSSR count). The number of fused-ring (bicyclic) bond motifs is 1. The van der Waals surface area contributed by atoms with Crippen LogP contribution >= 0.6 is 0 Å². The fourth-order valence-corrected chi connectivity index (χ4v) is 3.24. The van der Waals surface area contributed by atoms with Gasteiger partial charge in [0.2, 0.25) is 0 Å². The average molecular weight is 411 g/mol. The average Bonchev–Trinajstić information content (AvgIpc) is 2.66. The van der Waals surface area contributed by atoms with Gasteiger partial charge in [0.1, 0.15) is 17.4 Å². The Bertz CT molecular complexity index is 1080. The number of carbonyl (C=O) groups excluding carboxylic acids is 1. The molecule has 0 aliphatic rings. The third-order valence-electron chi connectivity index (χ3n) is 5.00. The molecule has 0 saturated carbocycles. The largest absolute Gasteiger partial charge is 0.507 e. The number of rotatable bonds is 8. The number of Topliss-reactive ketones (excluding diaryl/α,β-unsaturated/α-hetero) is 1. The highest BCUT2D eigenvalue weighted by atomic mass is 16.4. The number of ketones is 1. The highest BCUT2D eigenvalue weighted by Gasteiger charge is 2.15. The maximum atomic E-state index is 12.3. The van der Waals surface area contributed by atoms with E-state index in [4.69, 9.17) is 4.42 Å². The van der Waals surface area contributed by atoms with Crippen molar-refractivity contribution in [2.24, 2.45) is 0 Å². The third kappa shape index (κ3) is 5.80. The van der Waals surface area contributed by atoms with Crippen LogP contribution in [-0.4, -0.2) is 22.1 Å². The van der Waals surface area contributed by atoms with E-state index in [-0.39, 0.29) is 23.5 Å². The summed E-state index contributed by atoms with van der Waals surface area (Å²) in [7, 11) is 0. The molecule has 0 saturated heterocycles.